The van der Waals surface area contributed by atoms with Crippen molar-refractivity contribution in [2.24, 2.45) is 0 Å². The van der Waals surface area contributed by atoms with Crippen molar-refractivity contribution < 1.29 is 4.79 Å². The zero-order chi connectivity index (χ0) is 15.1. The van der Waals surface area contributed by atoms with E-state index in [0.29, 0.717) is 6.42 Å². The number of Topliss-reactive ketones (excluding diaryl/α,β-unsaturated/α-hetero) is 1. The molecule has 0 spiro atoms. The van der Waals surface area contributed by atoms with Crippen LogP contribution in [-0.2, 0) is 6.42 Å². The normalized spacial score (nSPS) is 10.8. The minimum atomic E-state index is 0.236. The molecular formula is C19H23NO. The third kappa shape index (κ3) is 4.83. The summed E-state index contributed by atoms with van der Waals surface area (Å²) in [4.78, 5) is 14.4. The SMILES string of the molecule is Cc1ccccc1C(=O)CCN(C)CCc1ccccc1. The molecule has 0 fully saturated rings. The molecule has 0 aliphatic rings. The number of benzene rings is 2. The van der Waals surface area contributed by atoms with Gasteiger partial charge in [0.2, 0.25) is 0 Å². The molecule has 0 saturated heterocycles. The average molecular weight is 281 g/mol. The van der Waals surface area contributed by atoms with E-state index in [1.807, 2.05) is 37.3 Å². The van der Waals surface area contributed by atoms with Gasteiger partial charge in [0.05, 0.1) is 0 Å². The Morgan fingerprint density at radius 2 is 1.62 bits per heavy atom. The monoisotopic (exact) mass is 281 g/mol. The molecule has 0 unspecified atom stereocenters. The Kier molecular flexibility index (Phi) is 5.70. The van der Waals surface area contributed by atoms with Gasteiger partial charge in [0, 0.05) is 25.1 Å². The third-order valence-corrected chi connectivity index (χ3v) is 3.79. The number of carbonyl (C=O) groups excluding carboxylic acids is 1. The Bertz CT molecular complexity index is 577. The second kappa shape index (κ2) is 7.75. The Morgan fingerprint density at radius 1 is 0.952 bits per heavy atom. The average Bonchev–Trinajstić information content (AvgIpc) is 2.52. The fourth-order valence-electron chi connectivity index (χ4n) is 2.39. The maximum atomic E-state index is 12.2. The van der Waals surface area contributed by atoms with Crippen LogP contribution in [0.15, 0.2) is 54.6 Å². The zero-order valence-corrected chi connectivity index (χ0v) is 12.9. The van der Waals surface area contributed by atoms with Crippen LogP contribution in [0, 0.1) is 6.92 Å². The highest BCUT2D eigenvalue weighted by atomic mass is 16.1. The molecule has 2 aromatic carbocycles. The molecule has 0 bridgehead atoms. The number of nitrogens with zero attached hydrogens (tertiary/aromatic N) is 1. The van der Waals surface area contributed by atoms with E-state index in [2.05, 4.69) is 36.2 Å². The fourth-order valence-corrected chi connectivity index (χ4v) is 2.39. The molecule has 0 atom stereocenters. The summed E-state index contributed by atoms with van der Waals surface area (Å²) in [5.74, 6) is 0.236. The highest BCUT2D eigenvalue weighted by Crippen LogP contribution is 2.10. The summed E-state index contributed by atoms with van der Waals surface area (Å²) < 4.78 is 0. The summed E-state index contributed by atoms with van der Waals surface area (Å²) in [5.41, 5.74) is 3.26. The lowest BCUT2D eigenvalue weighted by Gasteiger charge is -2.16. The van der Waals surface area contributed by atoms with Gasteiger partial charge < -0.3 is 4.90 Å². The van der Waals surface area contributed by atoms with Gasteiger partial charge >= 0.3 is 0 Å². The molecule has 2 rings (SSSR count). The van der Waals surface area contributed by atoms with Crippen LogP contribution in [0.4, 0.5) is 0 Å². The Balaban J connectivity index is 1.77. The van der Waals surface area contributed by atoms with Crippen LogP contribution in [-0.4, -0.2) is 30.8 Å². The van der Waals surface area contributed by atoms with E-state index in [1.54, 1.807) is 0 Å². The van der Waals surface area contributed by atoms with Crippen LogP contribution in [0.3, 0.4) is 0 Å². The van der Waals surface area contributed by atoms with E-state index in [1.165, 1.54) is 5.56 Å². The number of hydrogen-bond donors (Lipinski definition) is 0. The van der Waals surface area contributed by atoms with Crippen molar-refractivity contribution in [2.45, 2.75) is 19.8 Å². The first-order valence-electron chi connectivity index (χ1n) is 7.48. The second-order valence-corrected chi connectivity index (χ2v) is 5.53. The van der Waals surface area contributed by atoms with E-state index >= 15 is 0 Å². The van der Waals surface area contributed by atoms with Gasteiger partial charge in [-0.25, -0.2) is 0 Å². The molecule has 110 valence electrons. The lowest BCUT2D eigenvalue weighted by molar-refractivity contribution is 0.0968. The zero-order valence-electron chi connectivity index (χ0n) is 12.9. The molecule has 21 heavy (non-hydrogen) atoms. The van der Waals surface area contributed by atoms with Gasteiger partial charge in [-0.1, -0.05) is 54.6 Å². The number of likely N-dealkylation sites (N-methyl/N-ethyl adjacent to an activating group) is 1. The van der Waals surface area contributed by atoms with Crippen LogP contribution in [0.2, 0.25) is 0 Å². The van der Waals surface area contributed by atoms with E-state index in [4.69, 9.17) is 0 Å². The van der Waals surface area contributed by atoms with E-state index in [0.717, 1.165) is 30.6 Å². The highest BCUT2D eigenvalue weighted by Gasteiger charge is 2.09. The van der Waals surface area contributed by atoms with Crippen molar-refractivity contribution in [1.29, 1.82) is 0 Å². The summed E-state index contributed by atoms with van der Waals surface area (Å²) in [7, 11) is 2.08. The van der Waals surface area contributed by atoms with Crippen molar-refractivity contribution in [3.05, 3.63) is 71.3 Å². The van der Waals surface area contributed by atoms with Gasteiger partial charge in [-0.3, -0.25) is 4.79 Å². The minimum absolute atomic E-state index is 0.236. The van der Waals surface area contributed by atoms with Crippen molar-refractivity contribution >= 4 is 5.78 Å². The molecule has 2 nitrogen and oxygen atoms in total. The lowest BCUT2D eigenvalue weighted by Crippen LogP contribution is -2.24. The van der Waals surface area contributed by atoms with Crippen LogP contribution >= 0.6 is 0 Å². The fraction of sp³-hybridized carbons (Fsp3) is 0.316. The first-order valence-corrected chi connectivity index (χ1v) is 7.48. The summed E-state index contributed by atoms with van der Waals surface area (Å²) in [6, 6.07) is 18.3. The number of ketones is 1. The summed E-state index contributed by atoms with van der Waals surface area (Å²) in [5, 5.41) is 0. The third-order valence-electron chi connectivity index (χ3n) is 3.79. The van der Waals surface area contributed by atoms with E-state index in [9.17, 15) is 4.79 Å². The number of rotatable bonds is 7. The summed E-state index contributed by atoms with van der Waals surface area (Å²) in [6.07, 6.45) is 1.60. The number of carbonyl (C=O) groups is 1. The molecule has 0 aliphatic heterocycles. The van der Waals surface area contributed by atoms with Gasteiger partial charge in [0.1, 0.15) is 0 Å². The summed E-state index contributed by atoms with van der Waals surface area (Å²) in [6.45, 7) is 3.78. The van der Waals surface area contributed by atoms with E-state index < -0.39 is 0 Å². The molecule has 0 N–H and O–H groups in total. The summed E-state index contributed by atoms with van der Waals surface area (Å²) >= 11 is 0. The standard InChI is InChI=1S/C19H23NO/c1-16-8-6-7-11-18(16)19(21)13-15-20(2)14-12-17-9-4-3-5-10-17/h3-11H,12-15H2,1-2H3. The molecule has 0 aromatic heterocycles. The van der Waals surface area contributed by atoms with Gasteiger partial charge in [0.15, 0.2) is 5.78 Å². The van der Waals surface area contributed by atoms with Crippen molar-refractivity contribution in [1.82, 2.24) is 4.90 Å². The second-order valence-electron chi connectivity index (χ2n) is 5.53. The smallest absolute Gasteiger partial charge is 0.164 e. The Hall–Kier alpha value is -1.93. The molecule has 0 saturated carbocycles. The maximum Gasteiger partial charge on any atom is 0.164 e. The quantitative estimate of drug-likeness (QED) is 0.721. The van der Waals surface area contributed by atoms with Gasteiger partial charge in [-0.05, 0) is 31.5 Å². The Morgan fingerprint density at radius 3 is 2.33 bits per heavy atom. The molecule has 0 radical (unpaired) electrons. The van der Waals surface area contributed by atoms with Gasteiger partial charge in [0.25, 0.3) is 0 Å². The lowest BCUT2D eigenvalue weighted by atomic mass is 10.0. The molecule has 0 aliphatic carbocycles. The number of hydrogen-bond acceptors (Lipinski definition) is 2. The van der Waals surface area contributed by atoms with Gasteiger partial charge in [-0.15, -0.1) is 0 Å². The number of aryl methyl sites for hydroxylation is 1. The van der Waals surface area contributed by atoms with Crippen molar-refractivity contribution in [3.63, 3.8) is 0 Å². The van der Waals surface area contributed by atoms with E-state index in [-0.39, 0.29) is 5.78 Å². The minimum Gasteiger partial charge on any atom is -0.306 e. The van der Waals surface area contributed by atoms with Crippen LogP contribution in [0.5, 0.6) is 0 Å². The van der Waals surface area contributed by atoms with Crippen molar-refractivity contribution in [3.8, 4) is 0 Å². The maximum absolute atomic E-state index is 12.2. The predicted octanol–water partition coefficient (Wildman–Crippen LogP) is 3.74. The molecular weight excluding hydrogens is 258 g/mol. The molecule has 0 heterocycles. The molecule has 0 amide bonds. The first-order chi connectivity index (χ1) is 10.2. The largest absolute Gasteiger partial charge is 0.306 e. The van der Waals surface area contributed by atoms with Crippen LogP contribution in [0.25, 0.3) is 0 Å². The topological polar surface area (TPSA) is 20.3 Å². The van der Waals surface area contributed by atoms with Gasteiger partial charge in [-0.2, -0.15) is 0 Å². The highest BCUT2D eigenvalue weighted by molar-refractivity contribution is 5.97. The van der Waals surface area contributed by atoms with Crippen LogP contribution in [0.1, 0.15) is 27.9 Å². The first kappa shape index (κ1) is 15.5. The molecule has 2 aromatic rings. The predicted molar refractivity (Wildman–Crippen MR) is 87.8 cm³/mol. The van der Waals surface area contributed by atoms with Crippen molar-refractivity contribution in [2.75, 3.05) is 20.1 Å². The van der Waals surface area contributed by atoms with Crippen LogP contribution < -0.4 is 0 Å². The Labute approximate surface area is 127 Å². The molecule has 2 heteroatoms.